The highest BCUT2D eigenvalue weighted by molar-refractivity contribution is 5.77. The minimum absolute atomic E-state index is 0.636. The summed E-state index contributed by atoms with van der Waals surface area (Å²) in [5.41, 5.74) is 7.09. The predicted molar refractivity (Wildman–Crippen MR) is 112 cm³/mol. The van der Waals surface area contributed by atoms with Gasteiger partial charge in [0, 0.05) is 5.56 Å². The van der Waals surface area contributed by atoms with E-state index in [-0.39, 0.29) is 0 Å². The molecular weight excluding hydrogens is 348 g/mol. The number of nitrogens with zero attached hydrogens (tertiary/aromatic N) is 1. The van der Waals surface area contributed by atoms with Crippen LogP contribution >= 0.6 is 0 Å². The number of rotatable bonds is 3. The first-order valence-corrected chi connectivity index (χ1v) is 9.22. The second-order valence-electron chi connectivity index (χ2n) is 7.04. The Labute approximate surface area is 163 Å². The number of oxazole rings is 1. The molecule has 0 amide bonds. The number of aryl methyl sites for hydroxylation is 2. The zero-order valence-electron chi connectivity index (χ0n) is 15.7. The summed E-state index contributed by atoms with van der Waals surface area (Å²) < 4.78 is 11.7. The summed E-state index contributed by atoms with van der Waals surface area (Å²) in [6, 6.07) is 20.2. The molecule has 0 bridgehead atoms. The highest BCUT2D eigenvalue weighted by Gasteiger charge is 2.20. The lowest BCUT2D eigenvalue weighted by molar-refractivity contribution is 0.398. The van der Waals surface area contributed by atoms with Gasteiger partial charge in [0.2, 0.25) is 5.89 Å². The summed E-state index contributed by atoms with van der Waals surface area (Å²) in [4.78, 5) is 4.59. The fourth-order valence-electron chi connectivity index (χ4n) is 3.25. The van der Waals surface area contributed by atoms with E-state index in [4.69, 9.17) is 9.15 Å². The van der Waals surface area contributed by atoms with Crippen LogP contribution in [0.1, 0.15) is 16.7 Å². The average molecular weight is 367 g/mol. The van der Waals surface area contributed by atoms with Crippen molar-refractivity contribution in [3.8, 4) is 17.2 Å². The van der Waals surface area contributed by atoms with Crippen molar-refractivity contribution in [1.29, 1.82) is 0 Å². The topological polar surface area (TPSA) is 47.3 Å². The van der Waals surface area contributed by atoms with Crippen molar-refractivity contribution in [1.82, 2.24) is 4.98 Å². The number of fused-ring (bicyclic) bond motifs is 2. The van der Waals surface area contributed by atoms with Crippen LogP contribution in [0.15, 0.2) is 71.2 Å². The summed E-state index contributed by atoms with van der Waals surface area (Å²) in [6.07, 6.45) is 4.67. The van der Waals surface area contributed by atoms with Gasteiger partial charge in [-0.05, 0) is 73.0 Å². The van der Waals surface area contributed by atoms with Crippen LogP contribution < -0.4 is 10.1 Å². The van der Waals surface area contributed by atoms with Gasteiger partial charge >= 0.3 is 0 Å². The molecule has 1 aromatic heterocycles. The number of nitrogens with one attached hydrogen (secondary N) is 1. The molecule has 1 aliphatic heterocycles. The molecule has 137 valence electrons. The van der Waals surface area contributed by atoms with E-state index in [1.54, 1.807) is 0 Å². The molecule has 0 saturated carbocycles. The Kier molecular flexibility index (Phi) is 3.90. The number of hydrogen-bond donors (Lipinski definition) is 1. The number of anilines is 1. The van der Waals surface area contributed by atoms with Crippen LogP contribution in [0, 0.1) is 20.1 Å². The van der Waals surface area contributed by atoms with E-state index in [1.165, 1.54) is 11.1 Å². The number of aromatic nitrogens is 1. The molecule has 4 nitrogen and oxygen atoms in total. The first kappa shape index (κ1) is 16.6. The molecule has 1 N–H and O–H groups in total. The number of ether oxygens (including phenoxy) is 1. The van der Waals surface area contributed by atoms with E-state index in [0.717, 1.165) is 39.9 Å². The molecule has 0 fully saturated rings. The van der Waals surface area contributed by atoms with Crippen LogP contribution in [0.4, 0.5) is 5.69 Å². The maximum atomic E-state index is 5.87. The van der Waals surface area contributed by atoms with E-state index >= 15 is 0 Å². The third-order valence-electron chi connectivity index (χ3n) is 4.74. The average Bonchev–Trinajstić information content (AvgIpc) is 3.29. The Morgan fingerprint density at radius 1 is 0.857 bits per heavy atom. The third kappa shape index (κ3) is 3.14. The Morgan fingerprint density at radius 3 is 2.50 bits per heavy atom. The lowest BCUT2D eigenvalue weighted by Crippen LogP contribution is -2.05. The second-order valence-corrected chi connectivity index (χ2v) is 7.04. The van der Waals surface area contributed by atoms with Crippen LogP contribution in [-0.2, 0) is 0 Å². The van der Waals surface area contributed by atoms with Gasteiger partial charge in [0.15, 0.2) is 5.58 Å². The van der Waals surface area contributed by atoms with Crippen molar-refractivity contribution in [2.75, 3.05) is 5.32 Å². The summed E-state index contributed by atoms with van der Waals surface area (Å²) in [7, 11) is 0. The molecular formula is C24H19N2O2. The maximum absolute atomic E-state index is 5.87. The van der Waals surface area contributed by atoms with Crippen molar-refractivity contribution in [3.63, 3.8) is 0 Å². The Hall–Kier alpha value is -3.53. The molecule has 0 atom stereocenters. The number of hydrogen-bond acceptors (Lipinski definition) is 4. The van der Waals surface area contributed by atoms with Crippen LogP contribution in [-0.4, -0.2) is 4.98 Å². The van der Waals surface area contributed by atoms with Gasteiger partial charge in [-0.15, -0.1) is 0 Å². The molecule has 2 heterocycles. The van der Waals surface area contributed by atoms with E-state index in [9.17, 15) is 0 Å². The molecule has 3 aromatic carbocycles. The van der Waals surface area contributed by atoms with Crippen molar-refractivity contribution in [2.45, 2.75) is 13.8 Å². The molecule has 4 aromatic rings. The Balaban J connectivity index is 1.32. The SMILES string of the molecule is Cc1ccc2c(c1)N[C](/C=C/c1ccc(-c3nc4cc(C)ccc4o3)cc1)O2. The van der Waals surface area contributed by atoms with Gasteiger partial charge in [0.05, 0.1) is 5.69 Å². The van der Waals surface area contributed by atoms with Gasteiger partial charge in [0.25, 0.3) is 6.23 Å². The Bertz CT molecular complexity index is 1190. The first-order chi connectivity index (χ1) is 13.6. The van der Waals surface area contributed by atoms with E-state index in [2.05, 4.69) is 30.2 Å². The smallest absolute Gasteiger partial charge is 0.263 e. The molecule has 0 saturated heterocycles. The minimum Gasteiger partial charge on any atom is -0.455 e. The normalized spacial score (nSPS) is 13.6. The molecule has 0 unspecified atom stereocenters. The fourth-order valence-corrected chi connectivity index (χ4v) is 3.25. The van der Waals surface area contributed by atoms with Crippen molar-refractivity contribution < 1.29 is 9.15 Å². The third-order valence-corrected chi connectivity index (χ3v) is 4.74. The quantitative estimate of drug-likeness (QED) is 0.474. The van der Waals surface area contributed by atoms with E-state index in [0.29, 0.717) is 5.89 Å². The molecule has 1 aliphatic rings. The summed E-state index contributed by atoms with van der Waals surface area (Å²) in [5.74, 6) is 1.49. The van der Waals surface area contributed by atoms with Gasteiger partial charge in [-0.3, -0.25) is 0 Å². The van der Waals surface area contributed by atoms with E-state index in [1.807, 2.05) is 66.7 Å². The van der Waals surface area contributed by atoms with Gasteiger partial charge in [-0.2, -0.15) is 0 Å². The fraction of sp³-hybridized carbons (Fsp3) is 0.0833. The maximum Gasteiger partial charge on any atom is 0.263 e. The van der Waals surface area contributed by atoms with Crippen LogP contribution in [0.3, 0.4) is 0 Å². The second kappa shape index (κ2) is 6.57. The summed E-state index contributed by atoms with van der Waals surface area (Å²) in [6.45, 7) is 4.12. The molecule has 0 aliphatic carbocycles. The summed E-state index contributed by atoms with van der Waals surface area (Å²) in [5, 5.41) is 3.28. The lowest BCUT2D eigenvalue weighted by atomic mass is 10.1. The van der Waals surface area contributed by atoms with Crippen LogP contribution in [0.5, 0.6) is 5.75 Å². The number of benzene rings is 3. The van der Waals surface area contributed by atoms with Crippen molar-refractivity contribution in [2.24, 2.45) is 0 Å². The largest absolute Gasteiger partial charge is 0.455 e. The standard InChI is InChI=1S/C24H19N2O2/c1-15-3-10-21-19(13-15)25-23(27-21)12-7-17-5-8-18(9-6-17)24-26-20-14-16(2)4-11-22(20)28-24/h3-14,25H,1-2H3/b12-7+. The highest BCUT2D eigenvalue weighted by Crippen LogP contribution is 2.35. The first-order valence-electron chi connectivity index (χ1n) is 9.22. The van der Waals surface area contributed by atoms with Crippen LogP contribution in [0.25, 0.3) is 28.6 Å². The molecule has 0 spiro atoms. The monoisotopic (exact) mass is 367 g/mol. The zero-order valence-corrected chi connectivity index (χ0v) is 15.7. The van der Waals surface area contributed by atoms with Crippen LogP contribution in [0.2, 0.25) is 0 Å². The molecule has 5 rings (SSSR count). The lowest BCUT2D eigenvalue weighted by Gasteiger charge is -2.03. The van der Waals surface area contributed by atoms with Crippen molar-refractivity contribution in [3.05, 3.63) is 89.7 Å². The predicted octanol–water partition coefficient (Wildman–Crippen LogP) is 6.12. The molecule has 4 heteroatoms. The summed E-state index contributed by atoms with van der Waals surface area (Å²) >= 11 is 0. The van der Waals surface area contributed by atoms with Gasteiger partial charge in [-0.1, -0.05) is 30.3 Å². The van der Waals surface area contributed by atoms with Crippen molar-refractivity contribution >= 4 is 22.9 Å². The molecule has 1 radical (unpaired) electrons. The minimum atomic E-state index is 0.636. The van der Waals surface area contributed by atoms with Gasteiger partial charge in [-0.25, -0.2) is 4.98 Å². The van der Waals surface area contributed by atoms with E-state index < -0.39 is 0 Å². The zero-order chi connectivity index (χ0) is 19.1. The Morgan fingerprint density at radius 2 is 1.64 bits per heavy atom. The van der Waals surface area contributed by atoms with Gasteiger partial charge < -0.3 is 14.5 Å². The van der Waals surface area contributed by atoms with Gasteiger partial charge in [0.1, 0.15) is 11.3 Å². The molecule has 28 heavy (non-hydrogen) atoms. The highest BCUT2D eigenvalue weighted by atomic mass is 16.5.